The highest BCUT2D eigenvalue weighted by Crippen LogP contribution is 2.11. The summed E-state index contributed by atoms with van der Waals surface area (Å²) in [5.41, 5.74) is 4.90. The molecule has 0 heterocycles. The smallest absolute Gasteiger partial charge is 0.224 e. The normalized spacial score (nSPS) is 12.0. The summed E-state index contributed by atoms with van der Waals surface area (Å²) in [6.45, 7) is 6.24. The number of rotatable bonds is 6. The van der Waals surface area contributed by atoms with Crippen molar-refractivity contribution < 1.29 is 4.79 Å². The molecule has 1 atom stereocenters. The Labute approximate surface area is 133 Å². The van der Waals surface area contributed by atoms with Gasteiger partial charge in [-0.1, -0.05) is 48.5 Å². The van der Waals surface area contributed by atoms with Crippen LogP contribution in [0.2, 0.25) is 0 Å². The second kappa shape index (κ2) is 7.79. The molecule has 0 spiro atoms. The second-order valence-corrected chi connectivity index (χ2v) is 6.09. The fourth-order valence-corrected chi connectivity index (χ4v) is 2.52. The molecule has 0 aliphatic carbocycles. The van der Waals surface area contributed by atoms with Crippen molar-refractivity contribution in [3.05, 3.63) is 70.8 Å². The maximum atomic E-state index is 12.1. The molecule has 2 nitrogen and oxygen atoms in total. The third-order valence-electron chi connectivity index (χ3n) is 4.05. The van der Waals surface area contributed by atoms with Crippen molar-refractivity contribution in [1.29, 1.82) is 0 Å². The molecule has 0 unspecified atom stereocenters. The van der Waals surface area contributed by atoms with Crippen LogP contribution >= 0.6 is 0 Å². The van der Waals surface area contributed by atoms with Crippen LogP contribution in [0, 0.1) is 13.8 Å². The summed E-state index contributed by atoms with van der Waals surface area (Å²) in [4.78, 5) is 12.1. The van der Waals surface area contributed by atoms with E-state index in [0.29, 0.717) is 6.42 Å². The minimum atomic E-state index is 0.101. The van der Waals surface area contributed by atoms with Crippen LogP contribution in [0.5, 0.6) is 0 Å². The Morgan fingerprint density at radius 3 is 2.41 bits per heavy atom. The van der Waals surface area contributed by atoms with Gasteiger partial charge in [0, 0.05) is 6.04 Å². The first-order chi connectivity index (χ1) is 10.5. The summed E-state index contributed by atoms with van der Waals surface area (Å²) in [6, 6.07) is 16.8. The van der Waals surface area contributed by atoms with Gasteiger partial charge in [-0.05, 0) is 55.9 Å². The highest BCUT2D eigenvalue weighted by atomic mass is 16.1. The van der Waals surface area contributed by atoms with Crippen LogP contribution in [0.25, 0.3) is 0 Å². The fourth-order valence-electron chi connectivity index (χ4n) is 2.52. The van der Waals surface area contributed by atoms with E-state index in [-0.39, 0.29) is 11.9 Å². The summed E-state index contributed by atoms with van der Waals surface area (Å²) in [6.07, 6.45) is 2.41. The van der Waals surface area contributed by atoms with E-state index in [1.165, 1.54) is 16.7 Å². The standard InChI is InChI=1S/C20H25NO/c1-15-9-11-19(13-16(15)2)14-20(22)21-17(3)10-12-18-7-5-4-6-8-18/h4-9,11,13,17H,10,12,14H2,1-3H3,(H,21,22)/t17-/m1/s1. The van der Waals surface area contributed by atoms with Crippen LogP contribution in [0.3, 0.4) is 0 Å². The maximum Gasteiger partial charge on any atom is 0.224 e. The summed E-state index contributed by atoms with van der Waals surface area (Å²) < 4.78 is 0. The zero-order valence-corrected chi connectivity index (χ0v) is 13.7. The number of amides is 1. The third kappa shape index (κ3) is 5.03. The minimum absolute atomic E-state index is 0.101. The number of hydrogen-bond donors (Lipinski definition) is 1. The Hall–Kier alpha value is -2.09. The zero-order chi connectivity index (χ0) is 15.9. The molecule has 2 heteroatoms. The molecular weight excluding hydrogens is 270 g/mol. The third-order valence-corrected chi connectivity index (χ3v) is 4.05. The first-order valence-electron chi connectivity index (χ1n) is 7.94. The van der Waals surface area contributed by atoms with Gasteiger partial charge in [-0.2, -0.15) is 0 Å². The first kappa shape index (κ1) is 16.3. The molecule has 1 N–H and O–H groups in total. The highest BCUT2D eigenvalue weighted by Gasteiger charge is 2.09. The van der Waals surface area contributed by atoms with Gasteiger partial charge in [-0.25, -0.2) is 0 Å². The molecule has 0 aromatic heterocycles. The van der Waals surface area contributed by atoms with Gasteiger partial charge in [0.2, 0.25) is 5.91 Å². The van der Waals surface area contributed by atoms with E-state index in [1.807, 2.05) is 12.1 Å². The van der Waals surface area contributed by atoms with Gasteiger partial charge in [0.1, 0.15) is 0 Å². The molecule has 2 aromatic rings. The quantitative estimate of drug-likeness (QED) is 0.858. The molecule has 116 valence electrons. The summed E-state index contributed by atoms with van der Waals surface area (Å²) in [5, 5.41) is 3.09. The van der Waals surface area contributed by atoms with Crippen molar-refractivity contribution in [2.75, 3.05) is 0 Å². The molecule has 22 heavy (non-hydrogen) atoms. The van der Waals surface area contributed by atoms with Crippen molar-refractivity contribution in [3.8, 4) is 0 Å². The fraction of sp³-hybridized carbons (Fsp3) is 0.350. The average Bonchev–Trinajstić information content (AvgIpc) is 2.50. The molecule has 0 saturated carbocycles. The Morgan fingerprint density at radius 2 is 1.73 bits per heavy atom. The van der Waals surface area contributed by atoms with Crippen molar-refractivity contribution in [2.24, 2.45) is 0 Å². The van der Waals surface area contributed by atoms with Gasteiger partial charge in [-0.3, -0.25) is 4.79 Å². The first-order valence-corrected chi connectivity index (χ1v) is 7.94. The van der Waals surface area contributed by atoms with Crippen molar-refractivity contribution in [2.45, 2.75) is 46.1 Å². The van der Waals surface area contributed by atoms with Crippen LogP contribution in [0.1, 0.15) is 35.6 Å². The van der Waals surface area contributed by atoms with Crippen LogP contribution in [-0.2, 0) is 17.6 Å². The molecule has 0 radical (unpaired) electrons. The van der Waals surface area contributed by atoms with E-state index in [2.05, 4.69) is 62.5 Å². The largest absolute Gasteiger partial charge is 0.353 e. The second-order valence-electron chi connectivity index (χ2n) is 6.09. The van der Waals surface area contributed by atoms with Crippen molar-refractivity contribution in [1.82, 2.24) is 5.32 Å². The molecule has 0 fully saturated rings. The lowest BCUT2D eigenvalue weighted by Gasteiger charge is -2.14. The zero-order valence-electron chi connectivity index (χ0n) is 13.7. The average molecular weight is 295 g/mol. The molecule has 0 saturated heterocycles. The van der Waals surface area contributed by atoms with Gasteiger partial charge in [0.15, 0.2) is 0 Å². The van der Waals surface area contributed by atoms with E-state index in [9.17, 15) is 4.79 Å². The van der Waals surface area contributed by atoms with Gasteiger partial charge in [0.05, 0.1) is 6.42 Å². The number of hydrogen-bond acceptors (Lipinski definition) is 1. The monoisotopic (exact) mass is 295 g/mol. The predicted molar refractivity (Wildman–Crippen MR) is 92.0 cm³/mol. The van der Waals surface area contributed by atoms with Gasteiger partial charge < -0.3 is 5.32 Å². The Kier molecular flexibility index (Phi) is 5.76. The summed E-state index contributed by atoms with van der Waals surface area (Å²) >= 11 is 0. The van der Waals surface area contributed by atoms with Gasteiger partial charge in [0.25, 0.3) is 0 Å². The lowest BCUT2D eigenvalue weighted by molar-refractivity contribution is -0.121. The minimum Gasteiger partial charge on any atom is -0.353 e. The number of nitrogens with one attached hydrogen (secondary N) is 1. The Morgan fingerprint density at radius 1 is 1.00 bits per heavy atom. The number of benzene rings is 2. The molecule has 0 aliphatic heterocycles. The van der Waals surface area contributed by atoms with Crippen molar-refractivity contribution in [3.63, 3.8) is 0 Å². The summed E-state index contributed by atoms with van der Waals surface area (Å²) in [5.74, 6) is 0.101. The van der Waals surface area contributed by atoms with Crippen molar-refractivity contribution >= 4 is 5.91 Å². The van der Waals surface area contributed by atoms with Crippen LogP contribution in [-0.4, -0.2) is 11.9 Å². The Balaban J connectivity index is 1.79. The summed E-state index contributed by atoms with van der Waals surface area (Å²) in [7, 11) is 0. The SMILES string of the molecule is Cc1ccc(CC(=O)N[C@H](C)CCc2ccccc2)cc1C. The molecule has 2 aromatic carbocycles. The lowest BCUT2D eigenvalue weighted by Crippen LogP contribution is -2.34. The van der Waals surface area contributed by atoms with Crippen LogP contribution < -0.4 is 5.32 Å². The molecule has 2 rings (SSSR count). The van der Waals surface area contributed by atoms with Gasteiger partial charge in [-0.15, -0.1) is 0 Å². The van der Waals surface area contributed by atoms with E-state index < -0.39 is 0 Å². The van der Waals surface area contributed by atoms with E-state index in [0.717, 1.165) is 18.4 Å². The number of carbonyl (C=O) groups excluding carboxylic acids is 1. The molecule has 0 bridgehead atoms. The van der Waals surface area contributed by atoms with Gasteiger partial charge >= 0.3 is 0 Å². The van der Waals surface area contributed by atoms with Crippen LogP contribution in [0.15, 0.2) is 48.5 Å². The molecular formula is C20H25NO. The van der Waals surface area contributed by atoms with E-state index >= 15 is 0 Å². The lowest BCUT2D eigenvalue weighted by atomic mass is 10.0. The van der Waals surface area contributed by atoms with E-state index in [4.69, 9.17) is 0 Å². The molecule has 0 aliphatic rings. The number of carbonyl (C=O) groups is 1. The van der Waals surface area contributed by atoms with Crippen LogP contribution in [0.4, 0.5) is 0 Å². The predicted octanol–water partition coefficient (Wildman–Crippen LogP) is 3.98. The van der Waals surface area contributed by atoms with E-state index in [1.54, 1.807) is 0 Å². The molecule has 1 amide bonds. The number of aryl methyl sites for hydroxylation is 3. The highest BCUT2D eigenvalue weighted by molar-refractivity contribution is 5.78. The maximum absolute atomic E-state index is 12.1. The topological polar surface area (TPSA) is 29.1 Å². The Bertz CT molecular complexity index is 619.